The van der Waals surface area contributed by atoms with Crippen LogP contribution < -0.4 is 5.43 Å². The lowest BCUT2D eigenvalue weighted by molar-refractivity contribution is -0.113. The summed E-state index contributed by atoms with van der Waals surface area (Å²) in [4.78, 5) is 11.5. The Balaban J connectivity index is 2.08. The topological polar surface area (TPSA) is 41.5 Å². The van der Waals surface area contributed by atoms with E-state index in [-0.39, 0.29) is 5.78 Å². The summed E-state index contributed by atoms with van der Waals surface area (Å²) in [7, 11) is 0. The molecule has 1 N–H and O–H groups in total. The first-order chi connectivity index (χ1) is 8.16. The van der Waals surface area contributed by atoms with Gasteiger partial charge in [0.15, 0.2) is 5.78 Å². The number of Topliss-reactive ketones (excluding diaryl/α,β-unsaturated/α-hetero) is 1. The van der Waals surface area contributed by atoms with Crippen LogP contribution in [0, 0.1) is 6.92 Å². The van der Waals surface area contributed by atoms with E-state index in [1.165, 1.54) is 0 Å². The number of carbonyl (C=O) groups is 1. The molecule has 0 atom stereocenters. The molecule has 2 rings (SSSR count). The van der Waals surface area contributed by atoms with Crippen LogP contribution >= 0.6 is 11.6 Å². The maximum absolute atomic E-state index is 11.5. The van der Waals surface area contributed by atoms with Crippen LogP contribution in [0.3, 0.4) is 0 Å². The number of carbonyl (C=O) groups excluding carboxylic acids is 1. The molecule has 1 aliphatic carbocycles. The second-order valence-corrected chi connectivity index (χ2v) is 4.67. The molecule has 0 unspecified atom stereocenters. The summed E-state index contributed by atoms with van der Waals surface area (Å²) in [6.07, 6.45) is 3.41. The second-order valence-electron chi connectivity index (χ2n) is 4.26. The molecule has 0 heterocycles. The quantitative estimate of drug-likeness (QED) is 0.816. The van der Waals surface area contributed by atoms with Gasteiger partial charge < -0.3 is 0 Å². The van der Waals surface area contributed by atoms with Gasteiger partial charge in [0, 0.05) is 11.4 Å². The van der Waals surface area contributed by atoms with Gasteiger partial charge in [-0.25, -0.2) is 0 Å². The van der Waals surface area contributed by atoms with Gasteiger partial charge >= 0.3 is 0 Å². The van der Waals surface area contributed by atoms with Gasteiger partial charge in [-0.1, -0.05) is 17.7 Å². The van der Waals surface area contributed by atoms with Gasteiger partial charge in [-0.2, -0.15) is 5.10 Å². The van der Waals surface area contributed by atoms with Crippen LogP contribution in [0.15, 0.2) is 23.3 Å². The van der Waals surface area contributed by atoms with Crippen LogP contribution in [0.5, 0.6) is 0 Å². The Morgan fingerprint density at radius 2 is 2.06 bits per heavy atom. The number of halogens is 1. The average molecular weight is 251 g/mol. The molecule has 0 spiro atoms. The van der Waals surface area contributed by atoms with Crippen molar-refractivity contribution in [1.29, 1.82) is 0 Å². The molecule has 90 valence electrons. The van der Waals surface area contributed by atoms with Crippen molar-refractivity contribution < 1.29 is 4.79 Å². The van der Waals surface area contributed by atoms with Crippen molar-refractivity contribution >= 4 is 28.8 Å². The Morgan fingerprint density at radius 1 is 1.29 bits per heavy atom. The SMILES string of the molecule is Cc1ccc(NN=C2CCCCC2=O)cc1Cl. The molecule has 0 radical (unpaired) electrons. The van der Waals surface area contributed by atoms with Crippen molar-refractivity contribution in [3.63, 3.8) is 0 Å². The molecule has 0 amide bonds. The van der Waals surface area contributed by atoms with Crippen molar-refractivity contribution in [3.8, 4) is 0 Å². The molecule has 17 heavy (non-hydrogen) atoms. The van der Waals surface area contributed by atoms with E-state index in [0.29, 0.717) is 17.2 Å². The van der Waals surface area contributed by atoms with Gasteiger partial charge in [0.05, 0.1) is 5.69 Å². The third-order valence-electron chi connectivity index (χ3n) is 2.88. The molecular weight excluding hydrogens is 236 g/mol. The van der Waals surface area contributed by atoms with Gasteiger partial charge in [-0.05, 0) is 43.9 Å². The molecule has 0 bridgehead atoms. The minimum Gasteiger partial charge on any atom is -0.293 e. The van der Waals surface area contributed by atoms with E-state index in [0.717, 1.165) is 30.5 Å². The zero-order chi connectivity index (χ0) is 12.3. The Bertz CT molecular complexity index is 468. The van der Waals surface area contributed by atoms with Crippen LogP contribution in [-0.4, -0.2) is 11.5 Å². The molecule has 0 aromatic heterocycles. The standard InChI is InChI=1S/C13H15ClN2O/c1-9-6-7-10(8-11(9)14)15-16-12-4-2-3-5-13(12)17/h6-8,15H,2-5H2,1H3. The molecule has 0 aliphatic heterocycles. The molecule has 1 fully saturated rings. The molecule has 1 aromatic rings. The van der Waals surface area contributed by atoms with E-state index in [4.69, 9.17) is 11.6 Å². The highest BCUT2D eigenvalue weighted by Gasteiger charge is 2.16. The largest absolute Gasteiger partial charge is 0.293 e. The average Bonchev–Trinajstić information content (AvgIpc) is 2.32. The van der Waals surface area contributed by atoms with E-state index >= 15 is 0 Å². The van der Waals surface area contributed by atoms with Crippen molar-refractivity contribution in [2.24, 2.45) is 5.10 Å². The minimum atomic E-state index is 0.155. The van der Waals surface area contributed by atoms with E-state index < -0.39 is 0 Å². The van der Waals surface area contributed by atoms with Gasteiger partial charge in [0.2, 0.25) is 0 Å². The molecule has 4 heteroatoms. The molecule has 1 aromatic carbocycles. The van der Waals surface area contributed by atoms with Crippen molar-refractivity contribution in [2.75, 3.05) is 5.43 Å². The third-order valence-corrected chi connectivity index (χ3v) is 3.29. The lowest BCUT2D eigenvalue weighted by Crippen LogP contribution is -2.19. The number of nitrogens with one attached hydrogen (secondary N) is 1. The minimum absolute atomic E-state index is 0.155. The summed E-state index contributed by atoms with van der Waals surface area (Å²) in [6.45, 7) is 1.95. The predicted molar refractivity (Wildman–Crippen MR) is 70.7 cm³/mol. The van der Waals surface area contributed by atoms with E-state index in [1.54, 1.807) is 0 Å². The maximum Gasteiger partial charge on any atom is 0.178 e. The van der Waals surface area contributed by atoms with Crippen LogP contribution in [0.25, 0.3) is 0 Å². The fourth-order valence-corrected chi connectivity index (χ4v) is 1.95. The Hall–Kier alpha value is -1.35. The van der Waals surface area contributed by atoms with Gasteiger partial charge in [0.1, 0.15) is 5.71 Å². The smallest absolute Gasteiger partial charge is 0.178 e. The van der Waals surface area contributed by atoms with Crippen LogP contribution in [0.2, 0.25) is 5.02 Å². The molecule has 1 aliphatic rings. The summed E-state index contributed by atoms with van der Waals surface area (Å²) < 4.78 is 0. The Kier molecular flexibility index (Phi) is 3.79. The fourth-order valence-electron chi connectivity index (χ4n) is 1.77. The third kappa shape index (κ3) is 3.07. The summed E-state index contributed by atoms with van der Waals surface area (Å²) >= 11 is 6.01. The van der Waals surface area contributed by atoms with E-state index in [9.17, 15) is 4.79 Å². The summed E-state index contributed by atoms with van der Waals surface area (Å²) in [5, 5.41) is 4.86. The first-order valence-electron chi connectivity index (χ1n) is 5.79. The van der Waals surface area contributed by atoms with E-state index in [2.05, 4.69) is 10.5 Å². The van der Waals surface area contributed by atoms with E-state index in [1.807, 2.05) is 25.1 Å². The summed E-state index contributed by atoms with van der Waals surface area (Å²) in [5.41, 5.74) is 5.38. The zero-order valence-corrected chi connectivity index (χ0v) is 10.5. The van der Waals surface area contributed by atoms with Crippen molar-refractivity contribution in [2.45, 2.75) is 32.6 Å². The van der Waals surface area contributed by atoms with Gasteiger partial charge in [-0.3, -0.25) is 10.2 Å². The Morgan fingerprint density at radius 3 is 2.76 bits per heavy atom. The number of nitrogens with zero attached hydrogens (tertiary/aromatic N) is 1. The van der Waals surface area contributed by atoms with Gasteiger partial charge in [-0.15, -0.1) is 0 Å². The number of ketones is 1. The highest BCUT2D eigenvalue weighted by atomic mass is 35.5. The number of benzene rings is 1. The highest BCUT2D eigenvalue weighted by molar-refractivity contribution is 6.40. The molecule has 0 saturated heterocycles. The number of hydrogen-bond donors (Lipinski definition) is 1. The lowest BCUT2D eigenvalue weighted by Gasteiger charge is -2.11. The number of hydrogen-bond acceptors (Lipinski definition) is 3. The second kappa shape index (κ2) is 5.32. The fraction of sp³-hybridized carbons (Fsp3) is 0.385. The molecular formula is C13H15ClN2O. The number of hydrazone groups is 1. The molecule has 3 nitrogen and oxygen atoms in total. The Labute approximate surface area is 106 Å². The first-order valence-corrected chi connectivity index (χ1v) is 6.16. The normalized spacial score (nSPS) is 18.5. The number of anilines is 1. The zero-order valence-electron chi connectivity index (χ0n) is 9.79. The predicted octanol–water partition coefficient (Wildman–Crippen LogP) is 3.56. The highest BCUT2D eigenvalue weighted by Crippen LogP contribution is 2.20. The summed E-state index contributed by atoms with van der Waals surface area (Å²) in [5.74, 6) is 0.155. The van der Waals surface area contributed by atoms with Crippen molar-refractivity contribution in [1.82, 2.24) is 0 Å². The number of aryl methyl sites for hydroxylation is 1. The maximum atomic E-state index is 11.5. The monoisotopic (exact) mass is 250 g/mol. The van der Waals surface area contributed by atoms with Crippen LogP contribution in [-0.2, 0) is 4.79 Å². The lowest BCUT2D eigenvalue weighted by atomic mass is 9.97. The first kappa shape index (κ1) is 12.1. The molecule has 1 saturated carbocycles. The van der Waals surface area contributed by atoms with Crippen molar-refractivity contribution in [3.05, 3.63) is 28.8 Å². The number of rotatable bonds is 2. The van der Waals surface area contributed by atoms with Crippen LogP contribution in [0.4, 0.5) is 5.69 Å². The van der Waals surface area contributed by atoms with Gasteiger partial charge in [0.25, 0.3) is 0 Å². The van der Waals surface area contributed by atoms with Crippen LogP contribution in [0.1, 0.15) is 31.2 Å². The summed E-state index contributed by atoms with van der Waals surface area (Å²) in [6, 6.07) is 5.64.